The Morgan fingerprint density at radius 2 is 1.65 bits per heavy atom. The Balaban J connectivity index is 2.23. The van der Waals surface area contributed by atoms with Crippen LogP contribution in [0.25, 0.3) is 0 Å². The van der Waals surface area contributed by atoms with Crippen LogP contribution < -0.4 is 4.31 Å². The van der Waals surface area contributed by atoms with Crippen LogP contribution in [0, 0.1) is 20.8 Å². The minimum absolute atomic E-state index is 0.0403. The van der Waals surface area contributed by atoms with E-state index in [1.165, 1.54) is 10.6 Å². The number of hydrogen-bond donors (Lipinski definition) is 0. The molecule has 0 saturated carbocycles. The second-order valence-electron chi connectivity index (χ2n) is 6.42. The van der Waals surface area contributed by atoms with Gasteiger partial charge in [-0.25, -0.2) is 8.42 Å². The molecule has 1 heterocycles. The Labute approximate surface area is 139 Å². The fraction of sp³-hybridized carbons (Fsp3) is 0.588. The van der Waals surface area contributed by atoms with E-state index < -0.39 is 10.0 Å². The predicted molar refractivity (Wildman–Crippen MR) is 93.3 cm³/mol. The number of carbonyl (C=O) groups excluding carboxylic acids is 1. The van der Waals surface area contributed by atoms with Gasteiger partial charge in [0, 0.05) is 26.1 Å². The largest absolute Gasteiger partial charge is 0.343 e. The molecule has 0 aliphatic carbocycles. The molecule has 1 amide bonds. The monoisotopic (exact) mass is 338 g/mol. The molecule has 0 unspecified atom stereocenters. The highest BCUT2D eigenvalue weighted by Crippen LogP contribution is 2.28. The average molecular weight is 338 g/mol. The number of aryl methyl sites for hydroxylation is 3. The number of anilines is 1. The zero-order valence-corrected chi connectivity index (χ0v) is 15.2. The molecule has 0 spiro atoms. The van der Waals surface area contributed by atoms with E-state index in [0.29, 0.717) is 5.69 Å². The van der Waals surface area contributed by atoms with Crippen molar-refractivity contribution in [2.75, 3.05) is 30.2 Å². The van der Waals surface area contributed by atoms with Gasteiger partial charge in [0.2, 0.25) is 15.9 Å². The molecule has 1 aliphatic heterocycles. The van der Waals surface area contributed by atoms with E-state index in [0.717, 1.165) is 42.6 Å². The molecule has 2 rings (SSSR count). The third-order valence-electron chi connectivity index (χ3n) is 4.27. The van der Waals surface area contributed by atoms with Crippen molar-refractivity contribution in [2.45, 2.75) is 40.0 Å². The van der Waals surface area contributed by atoms with E-state index in [9.17, 15) is 13.2 Å². The number of carbonyl (C=O) groups is 1. The first-order valence-electron chi connectivity index (χ1n) is 8.03. The SMILES string of the molecule is Cc1cc(C)c(N(CCC(=O)N2CCCC2)S(C)(=O)=O)c(C)c1. The molecule has 128 valence electrons. The molecular weight excluding hydrogens is 312 g/mol. The summed E-state index contributed by atoms with van der Waals surface area (Å²) in [5.41, 5.74) is 3.64. The van der Waals surface area contributed by atoms with Gasteiger partial charge in [-0.15, -0.1) is 0 Å². The zero-order chi connectivity index (χ0) is 17.2. The Kier molecular flexibility index (Phi) is 5.34. The third-order valence-corrected chi connectivity index (χ3v) is 5.44. The summed E-state index contributed by atoms with van der Waals surface area (Å²) < 4.78 is 25.9. The van der Waals surface area contributed by atoms with Crippen LogP contribution in [0.2, 0.25) is 0 Å². The first kappa shape index (κ1) is 17.8. The van der Waals surface area contributed by atoms with Crippen LogP contribution in [0.4, 0.5) is 5.69 Å². The summed E-state index contributed by atoms with van der Waals surface area (Å²) >= 11 is 0. The molecule has 5 nitrogen and oxygen atoms in total. The fourth-order valence-corrected chi connectivity index (χ4v) is 4.37. The van der Waals surface area contributed by atoms with Gasteiger partial charge in [0.1, 0.15) is 0 Å². The van der Waals surface area contributed by atoms with Crippen LogP contribution >= 0.6 is 0 Å². The molecule has 0 radical (unpaired) electrons. The molecular formula is C17H26N2O3S. The molecule has 1 aromatic carbocycles. The summed E-state index contributed by atoms with van der Waals surface area (Å²) in [6.45, 7) is 7.59. The van der Waals surface area contributed by atoms with Crippen LogP contribution in [0.1, 0.15) is 36.0 Å². The average Bonchev–Trinajstić information content (AvgIpc) is 2.93. The van der Waals surface area contributed by atoms with Crippen LogP contribution in [0.3, 0.4) is 0 Å². The van der Waals surface area contributed by atoms with E-state index in [4.69, 9.17) is 0 Å². The highest BCUT2D eigenvalue weighted by atomic mass is 32.2. The summed E-state index contributed by atoms with van der Waals surface area (Å²) in [6, 6.07) is 3.95. The minimum Gasteiger partial charge on any atom is -0.343 e. The number of benzene rings is 1. The fourth-order valence-electron chi connectivity index (χ4n) is 3.33. The summed E-state index contributed by atoms with van der Waals surface area (Å²) in [4.78, 5) is 14.1. The smallest absolute Gasteiger partial charge is 0.232 e. The van der Waals surface area contributed by atoms with Crippen molar-refractivity contribution < 1.29 is 13.2 Å². The van der Waals surface area contributed by atoms with Crippen LogP contribution in [-0.2, 0) is 14.8 Å². The number of likely N-dealkylation sites (tertiary alicyclic amines) is 1. The summed E-state index contributed by atoms with van der Waals surface area (Å²) in [7, 11) is -3.43. The number of nitrogens with zero attached hydrogens (tertiary/aromatic N) is 2. The molecule has 1 fully saturated rings. The number of hydrogen-bond acceptors (Lipinski definition) is 3. The molecule has 1 aliphatic rings. The molecule has 0 atom stereocenters. The van der Waals surface area contributed by atoms with Crippen molar-refractivity contribution in [3.8, 4) is 0 Å². The van der Waals surface area contributed by atoms with Crippen LogP contribution in [0.5, 0.6) is 0 Å². The topological polar surface area (TPSA) is 57.7 Å². The lowest BCUT2D eigenvalue weighted by molar-refractivity contribution is -0.129. The van der Waals surface area contributed by atoms with Gasteiger partial charge in [-0.1, -0.05) is 17.7 Å². The van der Waals surface area contributed by atoms with Gasteiger partial charge in [-0.2, -0.15) is 0 Å². The van der Waals surface area contributed by atoms with Gasteiger partial charge in [0.15, 0.2) is 0 Å². The second-order valence-corrected chi connectivity index (χ2v) is 8.33. The van der Waals surface area contributed by atoms with E-state index in [1.54, 1.807) is 0 Å². The first-order chi connectivity index (χ1) is 10.7. The van der Waals surface area contributed by atoms with Gasteiger partial charge in [-0.3, -0.25) is 9.10 Å². The van der Waals surface area contributed by atoms with Gasteiger partial charge >= 0.3 is 0 Å². The standard InChI is InChI=1S/C17H26N2O3S/c1-13-11-14(2)17(15(3)12-13)19(23(4,21)22)10-7-16(20)18-8-5-6-9-18/h11-12H,5-10H2,1-4H3. The Bertz CT molecular complexity index is 669. The minimum atomic E-state index is -3.43. The zero-order valence-electron chi connectivity index (χ0n) is 14.4. The van der Waals surface area contributed by atoms with Gasteiger partial charge < -0.3 is 4.90 Å². The lowest BCUT2D eigenvalue weighted by Crippen LogP contribution is -2.36. The third kappa shape index (κ3) is 4.25. The number of rotatable bonds is 5. The van der Waals surface area contributed by atoms with Crippen molar-refractivity contribution in [2.24, 2.45) is 0 Å². The Morgan fingerprint density at radius 3 is 2.13 bits per heavy atom. The highest BCUT2D eigenvalue weighted by molar-refractivity contribution is 7.92. The molecule has 1 aromatic rings. The second kappa shape index (κ2) is 6.91. The summed E-state index contributed by atoms with van der Waals surface area (Å²) in [6.07, 6.45) is 3.50. The normalized spacial score (nSPS) is 15.0. The molecule has 1 saturated heterocycles. The van der Waals surface area contributed by atoms with Gasteiger partial charge in [-0.05, 0) is 44.7 Å². The lowest BCUT2D eigenvalue weighted by atomic mass is 10.1. The van der Waals surface area contributed by atoms with Crippen LogP contribution in [0.15, 0.2) is 12.1 Å². The lowest BCUT2D eigenvalue weighted by Gasteiger charge is -2.27. The molecule has 0 aromatic heterocycles. The van der Waals surface area contributed by atoms with E-state index in [1.807, 2.05) is 37.8 Å². The maximum atomic E-state index is 12.3. The molecule has 23 heavy (non-hydrogen) atoms. The quantitative estimate of drug-likeness (QED) is 0.828. The maximum absolute atomic E-state index is 12.3. The molecule has 0 N–H and O–H groups in total. The van der Waals surface area contributed by atoms with E-state index in [-0.39, 0.29) is 18.9 Å². The van der Waals surface area contributed by atoms with Gasteiger partial charge in [0.25, 0.3) is 0 Å². The van der Waals surface area contributed by atoms with E-state index >= 15 is 0 Å². The van der Waals surface area contributed by atoms with Crippen molar-refractivity contribution in [3.05, 3.63) is 28.8 Å². The van der Waals surface area contributed by atoms with Crippen LogP contribution in [-0.4, -0.2) is 45.1 Å². The summed E-state index contributed by atoms with van der Waals surface area (Å²) in [5, 5.41) is 0. The first-order valence-corrected chi connectivity index (χ1v) is 9.88. The Hall–Kier alpha value is -1.56. The van der Waals surface area contributed by atoms with Gasteiger partial charge in [0.05, 0.1) is 11.9 Å². The maximum Gasteiger partial charge on any atom is 0.232 e. The Morgan fingerprint density at radius 1 is 1.13 bits per heavy atom. The van der Waals surface area contributed by atoms with Crippen molar-refractivity contribution in [1.29, 1.82) is 0 Å². The molecule has 0 bridgehead atoms. The van der Waals surface area contributed by atoms with E-state index in [2.05, 4.69) is 0 Å². The summed E-state index contributed by atoms with van der Waals surface area (Å²) in [5.74, 6) is 0.0403. The van der Waals surface area contributed by atoms with Crippen molar-refractivity contribution >= 4 is 21.6 Å². The highest BCUT2D eigenvalue weighted by Gasteiger charge is 2.24. The van der Waals surface area contributed by atoms with Crippen molar-refractivity contribution in [3.63, 3.8) is 0 Å². The molecule has 6 heteroatoms. The van der Waals surface area contributed by atoms with Crippen molar-refractivity contribution in [1.82, 2.24) is 4.90 Å². The number of sulfonamides is 1. The predicted octanol–water partition coefficient (Wildman–Crippen LogP) is 2.39. The number of amides is 1.